The largest absolute Gasteiger partial charge is 0.494 e. The zero-order chi connectivity index (χ0) is 13.6. The molecule has 0 aliphatic heterocycles. The number of hydrogen-bond donors (Lipinski definition) is 1. The first-order valence-electron chi connectivity index (χ1n) is 8.33. The molecule has 0 bridgehead atoms. The van der Waals surface area contributed by atoms with Crippen molar-refractivity contribution in [2.75, 3.05) is 13.2 Å². The van der Waals surface area contributed by atoms with Crippen LogP contribution in [-0.2, 0) is 0 Å². The Morgan fingerprint density at radius 1 is 1.00 bits per heavy atom. The summed E-state index contributed by atoms with van der Waals surface area (Å²) < 4.78 is 5.79. The van der Waals surface area contributed by atoms with E-state index in [1.165, 1.54) is 51.5 Å². The van der Waals surface area contributed by atoms with Gasteiger partial charge in [-0.05, 0) is 62.6 Å². The number of ether oxygens (including phenoxy) is 1. The van der Waals surface area contributed by atoms with Crippen molar-refractivity contribution in [1.82, 2.24) is 5.32 Å². The Labute approximate surface area is 122 Å². The van der Waals surface area contributed by atoms with Gasteiger partial charge in [-0.25, -0.2) is 0 Å². The molecule has 1 aromatic rings. The first-order valence-corrected chi connectivity index (χ1v) is 8.33. The van der Waals surface area contributed by atoms with Gasteiger partial charge in [0, 0.05) is 6.04 Å². The minimum absolute atomic E-state index is 0.859. The lowest BCUT2D eigenvalue weighted by Crippen LogP contribution is -2.27. The molecule has 110 valence electrons. The molecular formula is C18H27NO. The number of benzene rings is 1. The van der Waals surface area contributed by atoms with E-state index in [-0.39, 0.29) is 0 Å². The third-order valence-electron chi connectivity index (χ3n) is 4.79. The summed E-state index contributed by atoms with van der Waals surface area (Å²) in [6.45, 7) is 2.12. The molecule has 0 saturated heterocycles. The van der Waals surface area contributed by atoms with Crippen molar-refractivity contribution in [3.63, 3.8) is 0 Å². The first-order chi connectivity index (χ1) is 9.92. The molecule has 2 fully saturated rings. The molecule has 3 rings (SSSR count). The molecule has 2 nitrogen and oxygen atoms in total. The van der Waals surface area contributed by atoms with Crippen LogP contribution in [0.1, 0.15) is 44.9 Å². The van der Waals surface area contributed by atoms with E-state index < -0.39 is 0 Å². The molecule has 2 atom stereocenters. The third kappa shape index (κ3) is 4.24. The highest BCUT2D eigenvalue weighted by Gasteiger charge is 2.29. The van der Waals surface area contributed by atoms with Crippen LogP contribution in [0.5, 0.6) is 5.75 Å². The van der Waals surface area contributed by atoms with Gasteiger partial charge in [-0.2, -0.15) is 0 Å². The highest BCUT2D eigenvalue weighted by atomic mass is 16.5. The number of hydrogen-bond acceptors (Lipinski definition) is 2. The Hall–Kier alpha value is -1.02. The maximum atomic E-state index is 5.79. The van der Waals surface area contributed by atoms with Crippen LogP contribution in [0, 0.1) is 11.8 Å². The van der Waals surface area contributed by atoms with Gasteiger partial charge in [-0.1, -0.05) is 31.0 Å². The monoisotopic (exact) mass is 273 g/mol. The maximum Gasteiger partial charge on any atom is 0.119 e. The van der Waals surface area contributed by atoms with Crippen LogP contribution in [0.4, 0.5) is 0 Å². The van der Waals surface area contributed by atoms with Crippen molar-refractivity contribution in [1.29, 1.82) is 0 Å². The van der Waals surface area contributed by atoms with Crippen LogP contribution < -0.4 is 10.1 Å². The second-order valence-electron chi connectivity index (χ2n) is 6.44. The minimum atomic E-state index is 0.859. The maximum absolute atomic E-state index is 5.79. The lowest BCUT2D eigenvalue weighted by molar-refractivity contribution is 0.271. The van der Waals surface area contributed by atoms with Gasteiger partial charge in [-0.3, -0.25) is 0 Å². The second kappa shape index (κ2) is 7.12. The summed E-state index contributed by atoms with van der Waals surface area (Å²) in [6, 6.07) is 11.0. The lowest BCUT2D eigenvalue weighted by Gasteiger charge is -2.20. The summed E-state index contributed by atoms with van der Waals surface area (Å²) in [7, 11) is 0. The summed E-state index contributed by atoms with van der Waals surface area (Å²) in [5.41, 5.74) is 0. The third-order valence-corrected chi connectivity index (χ3v) is 4.79. The van der Waals surface area contributed by atoms with Crippen LogP contribution in [0.3, 0.4) is 0 Å². The van der Waals surface area contributed by atoms with E-state index in [2.05, 4.69) is 5.32 Å². The molecule has 2 unspecified atom stereocenters. The van der Waals surface area contributed by atoms with E-state index >= 15 is 0 Å². The van der Waals surface area contributed by atoms with Crippen LogP contribution in [0.25, 0.3) is 0 Å². The van der Waals surface area contributed by atoms with Gasteiger partial charge >= 0.3 is 0 Å². The highest BCUT2D eigenvalue weighted by molar-refractivity contribution is 5.20. The topological polar surface area (TPSA) is 21.3 Å². The van der Waals surface area contributed by atoms with E-state index in [1.807, 2.05) is 30.3 Å². The SMILES string of the molecule is c1ccc(OCCCC2CCCC2CNC2CC2)cc1. The van der Waals surface area contributed by atoms with Crippen molar-refractivity contribution in [2.45, 2.75) is 51.0 Å². The first kappa shape index (κ1) is 13.9. The van der Waals surface area contributed by atoms with Crippen molar-refractivity contribution in [2.24, 2.45) is 11.8 Å². The molecule has 0 radical (unpaired) electrons. The summed E-state index contributed by atoms with van der Waals surface area (Å²) in [5.74, 6) is 2.86. The van der Waals surface area contributed by atoms with Crippen molar-refractivity contribution < 1.29 is 4.74 Å². The molecule has 1 aromatic carbocycles. The molecule has 2 saturated carbocycles. The van der Waals surface area contributed by atoms with Crippen LogP contribution in [-0.4, -0.2) is 19.2 Å². The van der Waals surface area contributed by atoms with Gasteiger partial charge in [0.2, 0.25) is 0 Å². The van der Waals surface area contributed by atoms with Crippen molar-refractivity contribution in [3.8, 4) is 5.75 Å². The smallest absolute Gasteiger partial charge is 0.119 e. The molecule has 0 aromatic heterocycles. The number of para-hydroxylation sites is 1. The Morgan fingerprint density at radius 2 is 1.80 bits per heavy atom. The Kier molecular flexibility index (Phi) is 4.96. The predicted molar refractivity (Wildman–Crippen MR) is 83.0 cm³/mol. The lowest BCUT2D eigenvalue weighted by atomic mass is 9.91. The van der Waals surface area contributed by atoms with Gasteiger partial charge in [0.1, 0.15) is 5.75 Å². The number of rotatable bonds is 8. The summed E-state index contributed by atoms with van der Waals surface area (Å²) in [6.07, 6.45) is 9.64. The normalized spacial score (nSPS) is 25.8. The van der Waals surface area contributed by atoms with Crippen molar-refractivity contribution >= 4 is 0 Å². The minimum Gasteiger partial charge on any atom is -0.494 e. The molecule has 2 heteroatoms. The van der Waals surface area contributed by atoms with Gasteiger partial charge in [0.15, 0.2) is 0 Å². The Bertz CT molecular complexity index is 388. The van der Waals surface area contributed by atoms with Gasteiger partial charge in [-0.15, -0.1) is 0 Å². The van der Waals surface area contributed by atoms with Gasteiger partial charge < -0.3 is 10.1 Å². The summed E-state index contributed by atoms with van der Waals surface area (Å²) in [5, 5.41) is 3.71. The zero-order valence-corrected chi connectivity index (χ0v) is 12.4. The Morgan fingerprint density at radius 3 is 2.60 bits per heavy atom. The van der Waals surface area contributed by atoms with E-state index in [4.69, 9.17) is 4.74 Å². The van der Waals surface area contributed by atoms with E-state index in [0.717, 1.165) is 30.2 Å². The molecule has 0 heterocycles. The summed E-state index contributed by atoms with van der Waals surface area (Å²) in [4.78, 5) is 0. The summed E-state index contributed by atoms with van der Waals surface area (Å²) >= 11 is 0. The van der Waals surface area contributed by atoms with Gasteiger partial charge in [0.05, 0.1) is 6.61 Å². The molecular weight excluding hydrogens is 246 g/mol. The fourth-order valence-electron chi connectivity index (χ4n) is 3.42. The fourth-order valence-corrected chi connectivity index (χ4v) is 3.42. The van der Waals surface area contributed by atoms with Crippen LogP contribution in [0.2, 0.25) is 0 Å². The molecule has 0 amide bonds. The Balaban J connectivity index is 1.32. The quantitative estimate of drug-likeness (QED) is 0.722. The van der Waals surface area contributed by atoms with Gasteiger partial charge in [0.25, 0.3) is 0 Å². The van der Waals surface area contributed by atoms with E-state index in [9.17, 15) is 0 Å². The molecule has 0 spiro atoms. The highest BCUT2D eigenvalue weighted by Crippen LogP contribution is 2.35. The van der Waals surface area contributed by atoms with E-state index in [1.54, 1.807) is 0 Å². The molecule has 2 aliphatic rings. The molecule has 2 aliphatic carbocycles. The second-order valence-corrected chi connectivity index (χ2v) is 6.44. The average molecular weight is 273 g/mol. The molecule has 1 N–H and O–H groups in total. The van der Waals surface area contributed by atoms with E-state index in [0.29, 0.717) is 0 Å². The zero-order valence-electron chi connectivity index (χ0n) is 12.4. The molecule has 20 heavy (non-hydrogen) atoms. The fraction of sp³-hybridized carbons (Fsp3) is 0.667. The standard InChI is InChI=1S/C18H27NO/c1-2-9-18(10-3-1)20-13-5-8-15-6-4-7-16(15)14-19-17-11-12-17/h1-3,9-10,15-17,19H,4-8,11-14H2. The van der Waals surface area contributed by atoms with Crippen LogP contribution in [0.15, 0.2) is 30.3 Å². The number of nitrogens with one attached hydrogen (secondary N) is 1. The van der Waals surface area contributed by atoms with Crippen LogP contribution >= 0.6 is 0 Å². The average Bonchev–Trinajstić information content (AvgIpc) is 3.21. The van der Waals surface area contributed by atoms with Crippen molar-refractivity contribution in [3.05, 3.63) is 30.3 Å². The predicted octanol–water partition coefficient (Wildman–Crippen LogP) is 4.01.